The van der Waals surface area contributed by atoms with Gasteiger partial charge in [-0.2, -0.15) is 10.4 Å². The minimum atomic E-state index is -1.58. The number of rotatable bonds is 4. The molecule has 0 saturated carbocycles. The first-order valence-corrected chi connectivity index (χ1v) is 12.1. The average molecular weight is 538 g/mol. The third-order valence-electron chi connectivity index (χ3n) is 6.26. The molecule has 36 heavy (non-hydrogen) atoms. The number of aliphatic hydroxyl groups is 2. The number of aliphatic hydroxyl groups excluding tert-OH is 1. The summed E-state index contributed by atoms with van der Waals surface area (Å²) < 4.78 is 54.2. The van der Waals surface area contributed by atoms with Crippen LogP contribution in [-0.4, -0.2) is 55.9 Å². The number of hydrogen-bond donors (Lipinski definition) is 2. The van der Waals surface area contributed by atoms with Crippen LogP contribution in [0.1, 0.15) is 18.5 Å². The molecule has 1 aromatic heterocycles. The molecule has 0 amide bonds. The van der Waals surface area contributed by atoms with Gasteiger partial charge in [0.2, 0.25) is 0 Å². The summed E-state index contributed by atoms with van der Waals surface area (Å²) in [5.41, 5.74) is -1.68. The van der Waals surface area contributed by atoms with E-state index >= 15 is 0 Å². The molecule has 4 unspecified atom stereocenters. The molecule has 7 nitrogen and oxygen atoms in total. The lowest BCUT2D eigenvalue weighted by molar-refractivity contribution is -0.175. The van der Waals surface area contributed by atoms with Gasteiger partial charge in [-0.25, -0.2) is 13.2 Å². The summed E-state index contributed by atoms with van der Waals surface area (Å²) in [6.07, 6.45) is -0.146. The maximum atomic E-state index is 13.8. The predicted octanol–water partition coefficient (Wildman–Crippen LogP) is 4.06. The molecule has 0 aliphatic carbocycles. The normalized spacial score (nSPS) is 29.7. The Morgan fingerprint density at radius 3 is 2.64 bits per heavy atom. The Balaban J connectivity index is 1.51. The summed E-state index contributed by atoms with van der Waals surface area (Å²) in [6.45, 7) is 1.49. The molecule has 2 N–H and O–H groups in total. The van der Waals surface area contributed by atoms with Gasteiger partial charge in [-0.15, -0.1) is 0 Å². The summed E-state index contributed by atoms with van der Waals surface area (Å²) in [5.74, 6) is -4.26. The van der Waals surface area contributed by atoms with Gasteiger partial charge in [-0.1, -0.05) is 23.4 Å². The number of benzene rings is 2. The number of nitriles is 1. The highest BCUT2D eigenvalue weighted by Gasteiger charge is 2.57. The van der Waals surface area contributed by atoms with E-state index in [1.54, 1.807) is 25.1 Å². The number of aromatic nitrogens is 2. The van der Waals surface area contributed by atoms with Gasteiger partial charge in [-0.3, -0.25) is 4.68 Å². The lowest BCUT2D eigenvalue weighted by Crippen LogP contribution is -2.57. The monoisotopic (exact) mass is 537 g/mol. The number of hydrogen-bond acceptors (Lipinski definition) is 7. The zero-order valence-electron chi connectivity index (χ0n) is 18.6. The molecule has 12 heteroatoms. The molecule has 2 saturated heterocycles. The van der Waals surface area contributed by atoms with Crippen LogP contribution in [0.15, 0.2) is 47.6 Å². The molecule has 188 valence electrons. The third kappa shape index (κ3) is 4.38. The Hall–Kier alpha value is -2.59. The van der Waals surface area contributed by atoms with Crippen LogP contribution in [0.3, 0.4) is 0 Å². The standard InChI is InChI=1S/C24H19ClF3N3O4S/c1-24(33)10-34-21-19(31-9-13(8-30-31)12-4-15(26)18(28)16(27)5-12)20(32)23(35-22(21)24)36-17-6-14(25)3-2-11(17)7-29/h2-6,8-9,19-23,32-33H,10H2,1H3/t19?,20?,21-,22?,23-,24?/m1/s1. The quantitative estimate of drug-likeness (QED) is 0.484. The molecule has 2 aromatic carbocycles. The zero-order valence-corrected chi connectivity index (χ0v) is 20.2. The number of fused-ring (bicyclic) bond motifs is 1. The Bertz CT molecular complexity index is 1340. The van der Waals surface area contributed by atoms with E-state index in [0.29, 0.717) is 15.5 Å². The fraction of sp³-hybridized carbons (Fsp3) is 0.333. The van der Waals surface area contributed by atoms with Crippen LogP contribution >= 0.6 is 23.4 Å². The molecule has 2 aliphatic rings. The molecule has 2 aliphatic heterocycles. The summed E-state index contributed by atoms with van der Waals surface area (Å²) in [7, 11) is 0. The Morgan fingerprint density at radius 1 is 1.22 bits per heavy atom. The van der Waals surface area contributed by atoms with E-state index in [1.165, 1.54) is 17.1 Å². The van der Waals surface area contributed by atoms with Crippen LogP contribution in [0.25, 0.3) is 11.1 Å². The maximum absolute atomic E-state index is 13.8. The SMILES string of the molecule is CC1(O)CO[C@@H]2C(n3cc(-c4cc(F)c(F)c(F)c4)cn3)C(O)[C@@H](Sc3cc(Cl)ccc3C#N)OC21. The van der Waals surface area contributed by atoms with E-state index < -0.39 is 52.8 Å². The second-order valence-electron chi connectivity index (χ2n) is 8.87. The highest BCUT2D eigenvalue weighted by atomic mass is 35.5. The summed E-state index contributed by atoms with van der Waals surface area (Å²) in [5, 5.41) is 36.4. The fourth-order valence-corrected chi connectivity index (χ4v) is 5.86. The highest BCUT2D eigenvalue weighted by molar-refractivity contribution is 7.99. The Kier molecular flexibility index (Phi) is 6.53. The van der Waals surface area contributed by atoms with E-state index in [0.717, 1.165) is 23.9 Å². The van der Waals surface area contributed by atoms with Gasteiger partial charge in [0.05, 0.1) is 18.4 Å². The molecule has 3 heterocycles. The summed E-state index contributed by atoms with van der Waals surface area (Å²) >= 11 is 7.17. The van der Waals surface area contributed by atoms with Crippen molar-refractivity contribution in [3.63, 3.8) is 0 Å². The molecule has 2 fully saturated rings. The zero-order chi connectivity index (χ0) is 25.8. The molecule has 0 radical (unpaired) electrons. The second kappa shape index (κ2) is 9.37. The summed E-state index contributed by atoms with van der Waals surface area (Å²) in [6, 6.07) is 7.60. The van der Waals surface area contributed by atoms with Gasteiger partial charge in [0.25, 0.3) is 0 Å². The van der Waals surface area contributed by atoms with Crippen molar-refractivity contribution in [1.29, 1.82) is 5.26 Å². The van der Waals surface area contributed by atoms with Crippen LogP contribution in [0.5, 0.6) is 0 Å². The van der Waals surface area contributed by atoms with Crippen molar-refractivity contribution in [3.8, 4) is 17.2 Å². The number of ether oxygens (including phenoxy) is 2. The fourth-order valence-electron chi connectivity index (χ4n) is 4.46. The van der Waals surface area contributed by atoms with Crippen molar-refractivity contribution in [1.82, 2.24) is 9.78 Å². The van der Waals surface area contributed by atoms with Crippen molar-refractivity contribution in [3.05, 3.63) is 70.8 Å². The largest absolute Gasteiger partial charge is 0.387 e. The second-order valence-corrected chi connectivity index (χ2v) is 10.4. The first-order valence-electron chi connectivity index (χ1n) is 10.8. The first-order chi connectivity index (χ1) is 17.1. The van der Waals surface area contributed by atoms with Crippen LogP contribution in [0.4, 0.5) is 13.2 Å². The minimum Gasteiger partial charge on any atom is -0.387 e. The van der Waals surface area contributed by atoms with E-state index in [-0.39, 0.29) is 17.7 Å². The van der Waals surface area contributed by atoms with Crippen LogP contribution in [0.2, 0.25) is 5.02 Å². The van der Waals surface area contributed by atoms with Crippen molar-refractivity contribution < 1.29 is 32.9 Å². The average Bonchev–Trinajstić information content (AvgIpc) is 3.43. The van der Waals surface area contributed by atoms with Gasteiger partial charge in [0.1, 0.15) is 41.5 Å². The topological polar surface area (TPSA) is 101 Å². The van der Waals surface area contributed by atoms with Crippen LogP contribution in [-0.2, 0) is 9.47 Å². The summed E-state index contributed by atoms with van der Waals surface area (Å²) in [4.78, 5) is 0.475. The van der Waals surface area contributed by atoms with Gasteiger partial charge in [0, 0.05) is 21.7 Å². The van der Waals surface area contributed by atoms with Gasteiger partial charge < -0.3 is 19.7 Å². The van der Waals surface area contributed by atoms with E-state index in [1.807, 2.05) is 0 Å². The molecule has 3 aromatic rings. The maximum Gasteiger partial charge on any atom is 0.194 e. The number of nitrogens with zero attached hydrogens (tertiary/aromatic N) is 3. The molecule has 0 spiro atoms. The smallest absolute Gasteiger partial charge is 0.194 e. The molecule has 6 atom stereocenters. The van der Waals surface area contributed by atoms with E-state index in [2.05, 4.69) is 11.2 Å². The predicted molar refractivity (Wildman–Crippen MR) is 124 cm³/mol. The lowest BCUT2D eigenvalue weighted by Gasteiger charge is -2.43. The Labute approximate surface area is 213 Å². The van der Waals surface area contributed by atoms with Crippen molar-refractivity contribution in [2.75, 3.05) is 6.61 Å². The van der Waals surface area contributed by atoms with Crippen molar-refractivity contribution in [2.45, 2.75) is 47.2 Å². The number of halogens is 4. The molecular formula is C24H19ClF3N3O4S. The molecule has 5 rings (SSSR count). The van der Waals surface area contributed by atoms with Crippen LogP contribution in [0, 0.1) is 28.8 Å². The third-order valence-corrected chi connectivity index (χ3v) is 7.71. The van der Waals surface area contributed by atoms with Crippen LogP contribution < -0.4 is 0 Å². The van der Waals surface area contributed by atoms with Gasteiger partial charge >= 0.3 is 0 Å². The van der Waals surface area contributed by atoms with E-state index in [9.17, 15) is 28.6 Å². The molecular weight excluding hydrogens is 519 g/mol. The molecule has 0 bridgehead atoms. The van der Waals surface area contributed by atoms with Gasteiger partial charge in [-0.05, 0) is 42.8 Å². The van der Waals surface area contributed by atoms with E-state index in [4.69, 9.17) is 21.1 Å². The Morgan fingerprint density at radius 2 is 1.94 bits per heavy atom. The first kappa shape index (κ1) is 25.1. The lowest BCUT2D eigenvalue weighted by atomic mass is 9.90. The van der Waals surface area contributed by atoms with Crippen molar-refractivity contribution in [2.24, 2.45) is 0 Å². The van der Waals surface area contributed by atoms with Crippen molar-refractivity contribution >= 4 is 23.4 Å². The number of thioether (sulfide) groups is 1. The minimum absolute atomic E-state index is 0.0543. The van der Waals surface area contributed by atoms with Gasteiger partial charge in [0.15, 0.2) is 17.5 Å². The highest BCUT2D eigenvalue weighted by Crippen LogP contribution is 2.46.